The third-order valence-electron chi connectivity index (χ3n) is 2.12. The number of aromatic carboxylic acids is 1. The van der Waals surface area contributed by atoms with Gasteiger partial charge in [-0.25, -0.2) is 9.78 Å². The summed E-state index contributed by atoms with van der Waals surface area (Å²) in [6.45, 7) is 0.245. The first-order valence-electron chi connectivity index (χ1n) is 5.08. The average molecular weight is 309 g/mol. The Kier molecular flexibility index (Phi) is 3.88. The number of hydrogen-bond acceptors (Lipinski definition) is 4. The molecule has 1 aromatic carbocycles. The molecule has 2 aromatic rings. The molecule has 0 atom stereocenters. The van der Waals surface area contributed by atoms with Crippen LogP contribution >= 0.6 is 15.9 Å². The first-order valence-corrected chi connectivity index (χ1v) is 5.87. The van der Waals surface area contributed by atoms with E-state index in [-0.39, 0.29) is 12.3 Å². The molecule has 0 radical (unpaired) electrons. The lowest BCUT2D eigenvalue weighted by Gasteiger charge is -2.05. The van der Waals surface area contributed by atoms with Crippen LogP contribution < -0.4 is 4.74 Å². The lowest BCUT2D eigenvalue weighted by molar-refractivity contribution is 0.0690. The Morgan fingerprint density at radius 2 is 1.94 bits per heavy atom. The zero-order valence-corrected chi connectivity index (χ0v) is 10.8. The van der Waals surface area contributed by atoms with Crippen LogP contribution in [0.5, 0.6) is 5.75 Å². The number of ether oxygens (including phenoxy) is 1. The summed E-state index contributed by atoms with van der Waals surface area (Å²) in [4.78, 5) is 18.3. The van der Waals surface area contributed by atoms with Crippen molar-refractivity contribution in [1.82, 2.24) is 9.97 Å². The summed E-state index contributed by atoms with van der Waals surface area (Å²) in [5.41, 5.74) is 0.491. The quantitative estimate of drug-likeness (QED) is 0.939. The molecule has 92 valence electrons. The standard InChI is InChI=1S/C12H9BrN2O3/c13-8-1-3-10(4-2-8)18-7-9-5-15-11(6-14-9)12(16)17/h1-6H,7H2,(H,16,17). The monoisotopic (exact) mass is 308 g/mol. The Bertz CT molecular complexity index is 540. The van der Waals surface area contributed by atoms with E-state index in [9.17, 15) is 4.79 Å². The van der Waals surface area contributed by atoms with E-state index >= 15 is 0 Å². The molecule has 0 fully saturated rings. The highest BCUT2D eigenvalue weighted by Crippen LogP contribution is 2.16. The fraction of sp³-hybridized carbons (Fsp3) is 0.0833. The summed E-state index contributed by atoms with van der Waals surface area (Å²) >= 11 is 3.33. The Morgan fingerprint density at radius 1 is 1.22 bits per heavy atom. The van der Waals surface area contributed by atoms with Crippen LogP contribution in [0.1, 0.15) is 16.2 Å². The van der Waals surface area contributed by atoms with Crippen molar-refractivity contribution >= 4 is 21.9 Å². The summed E-state index contributed by atoms with van der Waals surface area (Å²) in [5, 5.41) is 8.67. The second kappa shape index (κ2) is 5.59. The van der Waals surface area contributed by atoms with Gasteiger partial charge >= 0.3 is 5.97 Å². The number of aromatic nitrogens is 2. The number of hydrogen-bond donors (Lipinski definition) is 1. The summed E-state index contributed by atoms with van der Waals surface area (Å²) in [6, 6.07) is 7.38. The fourth-order valence-corrected chi connectivity index (χ4v) is 1.49. The van der Waals surface area contributed by atoms with E-state index in [0.29, 0.717) is 11.4 Å². The van der Waals surface area contributed by atoms with Crippen LogP contribution in [0, 0.1) is 0 Å². The van der Waals surface area contributed by atoms with Crippen LogP contribution in [0.2, 0.25) is 0 Å². The van der Waals surface area contributed by atoms with Crippen LogP contribution in [0.3, 0.4) is 0 Å². The van der Waals surface area contributed by atoms with Crippen LogP contribution in [0.25, 0.3) is 0 Å². The van der Waals surface area contributed by atoms with E-state index < -0.39 is 5.97 Å². The molecule has 18 heavy (non-hydrogen) atoms. The zero-order valence-electron chi connectivity index (χ0n) is 9.21. The minimum absolute atomic E-state index is 0.0811. The van der Waals surface area contributed by atoms with Gasteiger partial charge in [0.05, 0.1) is 18.1 Å². The molecule has 1 heterocycles. The van der Waals surface area contributed by atoms with Crippen LogP contribution in [-0.2, 0) is 6.61 Å². The number of carboxylic acids is 1. The largest absolute Gasteiger partial charge is 0.487 e. The summed E-state index contributed by atoms with van der Waals surface area (Å²) < 4.78 is 6.45. The number of rotatable bonds is 4. The lowest BCUT2D eigenvalue weighted by atomic mass is 10.3. The smallest absolute Gasteiger partial charge is 0.356 e. The van der Waals surface area contributed by atoms with E-state index in [4.69, 9.17) is 9.84 Å². The normalized spacial score (nSPS) is 10.1. The van der Waals surface area contributed by atoms with Gasteiger partial charge in [-0.1, -0.05) is 15.9 Å². The van der Waals surface area contributed by atoms with Crippen molar-refractivity contribution in [3.8, 4) is 5.75 Å². The molecule has 0 unspecified atom stereocenters. The lowest BCUT2D eigenvalue weighted by Crippen LogP contribution is -2.04. The van der Waals surface area contributed by atoms with Crippen LogP contribution in [0.15, 0.2) is 41.1 Å². The SMILES string of the molecule is O=C(O)c1cnc(COc2ccc(Br)cc2)cn1. The molecule has 0 bridgehead atoms. The van der Waals surface area contributed by atoms with Gasteiger partial charge in [0.25, 0.3) is 0 Å². The maximum atomic E-state index is 10.6. The molecule has 0 aliphatic carbocycles. The fourth-order valence-electron chi connectivity index (χ4n) is 1.23. The molecule has 0 saturated heterocycles. The highest BCUT2D eigenvalue weighted by Gasteiger charge is 2.05. The van der Waals surface area contributed by atoms with Gasteiger partial charge in [0.15, 0.2) is 5.69 Å². The molecule has 2 rings (SSSR count). The third-order valence-corrected chi connectivity index (χ3v) is 2.65. The number of halogens is 1. The Hall–Kier alpha value is -1.95. The summed E-state index contributed by atoms with van der Waals surface area (Å²) in [7, 11) is 0. The molecule has 0 amide bonds. The van der Waals surface area contributed by atoms with Gasteiger partial charge < -0.3 is 9.84 Å². The van der Waals surface area contributed by atoms with E-state index in [2.05, 4.69) is 25.9 Å². The molecule has 0 spiro atoms. The van der Waals surface area contributed by atoms with E-state index in [1.165, 1.54) is 12.4 Å². The number of nitrogens with zero attached hydrogens (tertiary/aromatic N) is 2. The second-order valence-electron chi connectivity index (χ2n) is 3.44. The minimum atomic E-state index is -1.09. The third kappa shape index (κ3) is 3.27. The molecule has 5 nitrogen and oxygen atoms in total. The number of carboxylic acid groups (broad SMARTS) is 1. The van der Waals surface area contributed by atoms with Crippen molar-refractivity contribution in [1.29, 1.82) is 0 Å². The van der Waals surface area contributed by atoms with Crippen LogP contribution in [0.4, 0.5) is 0 Å². The molecular formula is C12H9BrN2O3. The molecule has 0 aliphatic heterocycles. The van der Waals surface area contributed by atoms with Crippen molar-refractivity contribution in [3.05, 3.63) is 52.5 Å². The summed E-state index contributed by atoms with van der Waals surface area (Å²) in [5.74, 6) is -0.384. The highest BCUT2D eigenvalue weighted by molar-refractivity contribution is 9.10. The highest BCUT2D eigenvalue weighted by atomic mass is 79.9. The van der Waals surface area contributed by atoms with Crippen molar-refractivity contribution in [3.63, 3.8) is 0 Å². The van der Waals surface area contributed by atoms with Gasteiger partial charge in [0, 0.05) is 4.47 Å². The predicted molar refractivity (Wildman–Crippen MR) is 67.5 cm³/mol. The van der Waals surface area contributed by atoms with Crippen molar-refractivity contribution < 1.29 is 14.6 Å². The van der Waals surface area contributed by atoms with E-state index in [1.54, 1.807) is 0 Å². The minimum Gasteiger partial charge on any atom is -0.487 e. The topological polar surface area (TPSA) is 72.3 Å². The molecule has 1 N–H and O–H groups in total. The molecule has 6 heteroatoms. The van der Waals surface area contributed by atoms with Gasteiger partial charge in [-0.2, -0.15) is 0 Å². The van der Waals surface area contributed by atoms with Crippen molar-refractivity contribution in [2.75, 3.05) is 0 Å². The summed E-state index contributed by atoms with van der Waals surface area (Å²) in [6.07, 6.45) is 2.60. The maximum Gasteiger partial charge on any atom is 0.356 e. The molecule has 0 saturated carbocycles. The first kappa shape index (κ1) is 12.5. The molecular weight excluding hydrogens is 300 g/mol. The predicted octanol–water partition coefficient (Wildman–Crippen LogP) is 2.52. The second-order valence-corrected chi connectivity index (χ2v) is 4.36. The zero-order chi connectivity index (χ0) is 13.0. The van der Waals surface area contributed by atoms with Gasteiger partial charge in [-0.15, -0.1) is 0 Å². The number of benzene rings is 1. The van der Waals surface area contributed by atoms with Gasteiger partial charge in [0.1, 0.15) is 12.4 Å². The van der Waals surface area contributed by atoms with Gasteiger partial charge in [-0.3, -0.25) is 4.98 Å². The van der Waals surface area contributed by atoms with E-state index in [0.717, 1.165) is 4.47 Å². The van der Waals surface area contributed by atoms with Crippen molar-refractivity contribution in [2.24, 2.45) is 0 Å². The average Bonchev–Trinajstić information content (AvgIpc) is 2.38. The molecule has 1 aromatic heterocycles. The number of carbonyl (C=O) groups is 1. The first-order chi connectivity index (χ1) is 8.65. The van der Waals surface area contributed by atoms with E-state index in [1.807, 2.05) is 24.3 Å². The Labute approximate surface area is 112 Å². The van der Waals surface area contributed by atoms with Crippen LogP contribution in [-0.4, -0.2) is 21.0 Å². The Balaban J connectivity index is 1.97. The van der Waals surface area contributed by atoms with Crippen molar-refractivity contribution in [2.45, 2.75) is 6.61 Å². The maximum absolute atomic E-state index is 10.6. The van der Waals surface area contributed by atoms with Gasteiger partial charge in [-0.05, 0) is 24.3 Å². The van der Waals surface area contributed by atoms with Gasteiger partial charge in [0.2, 0.25) is 0 Å². The molecule has 0 aliphatic rings. The Morgan fingerprint density at radius 3 is 2.50 bits per heavy atom.